The van der Waals surface area contributed by atoms with Gasteiger partial charge in [0.1, 0.15) is 6.07 Å². The molecule has 15 heavy (non-hydrogen) atoms. The van der Waals surface area contributed by atoms with Crippen LogP contribution in [-0.2, 0) is 0 Å². The first kappa shape index (κ1) is 11.6. The highest BCUT2D eigenvalue weighted by molar-refractivity contribution is 6.32. The Bertz CT molecular complexity index is 418. The van der Waals surface area contributed by atoms with Gasteiger partial charge < -0.3 is 4.90 Å². The van der Waals surface area contributed by atoms with Crippen molar-refractivity contribution >= 4 is 17.3 Å². The van der Waals surface area contributed by atoms with E-state index in [-0.39, 0.29) is 0 Å². The summed E-state index contributed by atoms with van der Waals surface area (Å²) in [6, 6.07) is 7.44. The molecule has 0 spiro atoms. The lowest BCUT2D eigenvalue weighted by Gasteiger charge is -2.19. The number of likely N-dealkylation sites (N-methyl/N-ethyl adjacent to an activating group) is 1. The molecule has 78 valence electrons. The van der Waals surface area contributed by atoms with Crippen molar-refractivity contribution in [3.8, 4) is 6.07 Å². The predicted molar refractivity (Wildman–Crippen MR) is 64.3 cm³/mol. The highest BCUT2D eigenvalue weighted by Gasteiger charge is 2.04. The number of nitrogens with zero attached hydrogens (tertiary/aromatic N) is 2. The molecule has 0 N–H and O–H groups in total. The molecule has 2 nitrogen and oxygen atoms in total. The van der Waals surface area contributed by atoms with E-state index in [0.717, 1.165) is 17.8 Å². The molecule has 0 aliphatic heterocycles. The fraction of sp³-hybridized carbons (Fsp3) is 0.250. The summed E-state index contributed by atoms with van der Waals surface area (Å²) in [6.07, 6.45) is 0. The summed E-state index contributed by atoms with van der Waals surface area (Å²) in [5.41, 5.74) is 2.57. The summed E-state index contributed by atoms with van der Waals surface area (Å²) in [6.45, 7) is 6.60. The first-order chi connectivity index (χ1) is 7.04. The second kappa shape index (κ2) is 4.86. The first-order valence-electron chi connectivity index (χ1n) is 4.59. The number of benzene rings is 1. The van der Waals surface area contributed by atoms with Crippen LogP contribution >= 0.6 is 11.6 Å². The Kier molecular flexibility index (Phi) is 3.76. The van der Waals surface area contributed by atoms with Gasteiger partial charge in [0, 0.05) is 19.3 Å². The van der Waals surface area contributed by atoms with Crippen molar-refractivity contribution in [1.82, 2.24) is 0 Å². The standard InChI is InChI=1S/C12H13ClN2/c1-9(2)8-15(3)11-5-4-10(7-14)12(13)6-11/h4-6H,1,8H2,2-3H3. The summed E-state index contributed by atoms with van der Waals surface area (Å²) >= 11 is 5.94. The van der Waals surface area contributed by atoms with Crippen molar-refractivity contribution in [3.63, 3.8) is 0 Å². The van der Waals surface area contributed by atoms with Gasteiger partial charge in [0.05, 0.1) is 10.6 Å². The Morgan fingerprint density at radius 2 is 2.27 bits per heavy atom. The maximum Gasteiger partial charge on any atom is 0.101 e. The quantitative estimate of drug-likeness (QED) is 0.732. The van der Waals surface area contributed by atoms with Crippen LogP contribution in [0.3, 0.4) is 0 Å². The molecule has 0 aliphatic carbocycles. The third-order valence-electron chi connectivity index (χ3n) is 2.02. The van der Waals surface area contributed by atoms with E-state index in [4.69, 9.17) is 16.9 Å². The largest absolute Gasteiger partial charge is 0.371 e. The molecule has 0 unspecified atom stereocenters. The zero-order valence-corrected chi connectivity index (χ0v) is 9.67. The highest BCUT2D eigenvalue weighted by Crippen LogP contribution is 2.22. The second-order valence-corrected chi connectivity index (χ2v) is 4.00. The number of halogens is 1. The van der Waals surface area contributed by atoms with Crippen molar-refractivity contribution in [2.24, 2.45) is 0 Å². The number of hydrogen-bond acceptors (Lipinski definition) is 2. The second-order valence-electron chi connectivity index (χ2n) is 3.59. The molecule has 0 aromatic heterocycles. The average Bonchev–Trinajstić information content (AvgIpc) is 2.16. The van der Waals surface area contributed by atoms with Gasteiger partial charge in [-0.3, -0.25) is 0 Å². The van der Waals surface area contributed by atoms with E-state index in [9.17, 15) is 0 Å². The smallest absolute Gasteiger partial charge is 0.101 e. The third kappa shape index (κ3) is 3.00. The number of rotatable bonds is 3. The van der Waals surface area contributed by atoms with Gasteiger partial charge in [0.2, 0.25) is 0 Å². The topological polar surface area (TPSA) is 27.0 Å². The fourth-order valence-corrected chi connectivity index (χ4v) is 1.55. The summed E-state index contributed by atoms with van der Waals surface area (Å²) in [5.74, 6) is 0. The van der Waals surface area contributed by atoms with Crippen LogP contribution in [0.15, 0.2) is 30.4 Å². The maximum absolute atomic E-state index is 8.73. The molecule has 0 radical (unpaired) electrons. The van der Waals surface area contributed by atoms with Gasteiger partial charge in [0.15, 0.2) is 0 Å². The van der Waals surface area contributed by atoms with Gasteiger partial charge in [-0.25, -0.2) is 0 Å². The zero-order chi connectivity index (χ0) is 11.4. The maximum atomic E-state index is 8.73. The highest BCUT2D eigenvalue weighted by atomic mass is 35.5. The minimum absolute atomic E-state index is 0.489. The molecule has 0 aliphatic rings. The van der Waals surface area contributed by atoms with E-state index in [1.165, 1.54) is 0 Å². The van der Waals surface area contributed by atoms with E-state index in [1.807, 2.05) is 31.0 Å². The van der Waals surface area contributed by atoms with Crippen molar-refractivity contribution < 1.29 is 0 Å². The normalized spacial score (nSPS) is 9.47. The van der Waals surface area contributed by atoms with Crippen LogP contribution in [0.1, 0.15) is 12.5 Å². The van der Waals surface area contributed by atoms with Gasteiger partial charge >= 0.3 is 0 Å². The van der Waals surface area contributed by atoms with Crippen LogP contribution in [0, 0.1) is 11.3 Å². The lowest BCUT2D eigenvalue weighted by molar-refractivity contribution is 0.986. The van der Waals surface area contributed by atoms with Crippen molar-refractivity contribution in [3.05, 3.63) is 40.9 Å². The van der Waals surface area contributed by atoms with Crippen LogP contribution in [-0.4, -0.2) is 13.6 Å². The first-order valence-corrected chi connectivity index (χ1v) is 4.97. The molecule has 1 aromatic carbocycles. The molecule has 3 heteroatoms. The molecule has 0 saturated heterocycles. The van der Waals surface area contributed by atoms with Crippen molar-refractivity contribution in [2.75, 3.05) is 18.5 Å². The van der Waals surface area contributed by atoms with Crippen molar-refractivity contribution in [2.45, 2.75) is 6.92 Å². The van der Waals surface area contributed by atoms with Gasteiger partial charge in [-0.05, 0) is 25.1 Å². The molecule has 1 aromatic rings. The van der Waals surface area contributed by atoms with E-state index >= 15 is 0 Å². The summed E-state index contributed by atoms with van der Waals surface area (Å²) < 4.78 is 0. The molecule has 0 atom stereocenters. The monoisotopic (exact) mass is 220 g/mol. The predicted octanol–water partition coefficient (Wildman–Crippen LogP) is 3.22. The molecule has 0 saturated carbocycles. The van der Waals surface area contributed by atoms with Crippen molar-refractivity contribution in [1.29, 1.82) is 5.26 Å². The molecule has 0 heterocycles. The van der Waals surface area contributed by atoms with E-state index in [0.29, 0.717) is 10.6 Å². The Morgan fingerprint density at radius 1 is 1.60 bits per heavy atom. The van der Waals surface area contributed by atoms with E-state index in [2.05, 4.69) is 6.58 Å². The van der Waals surface area contributed by atoms with Crippen LogP contribution in [0.4, 0.5) is 5.69 Å². The number of nitriles is 1. The number of hydrogen-bond donors (Lipinski definition) is 0. The summed E-state index contributed by atoms with van der Waals surface area (Å²) in [7, 11) is 1.96. The fourth-order valence-electron chi connectivity index (χ4n) is 1.33. The van der Waals surface area contributed by atoms with Gasteiger partial charge in [-0.2, -0.15) is 5.26 Å². The lowest BCUT2D eigenvalue weighted by Crippen LogP contribution is -2.18. The molecule has 0 amide bonds. The van der Waals surface area contributed by atoms with Gasteiger partial charge in [-0.15, -0.1) is 0 Å². The van der Waals surface area contributed by atoms with Crippen LogP contribution in [0.2, 0.25) is 5.02 Å². The Balaban J connectivity index is 2.93. The van der Waals surface area contributed by atoms with E-state index < -0.39 is 0 Å². The molecule has 0 fully saturated rings. The van der Waals surface area contributed by atoms with Gasteiger partial charge in [-0.1, -0.05) is 23.8 Å². The van der Waals surface area contributed by atoms with E-state index in [1.54, 1.807) is 12.1 Å². The van der Waals surface area contributed by atoms with Crippen LogP contribution in [0.5, 0.6) is 0 Å². The average molecular weight is 221 g/mol. The Morgan fingerprint density at radius 3 is 2.73 bits per heavy atom. The minimum atomic E-state index is 0.489. The minimum Gasteiger partial charge on any atom is -0.371 e. The molecule has 1 rings (SSSR count). The van der Waals surface area contributed by atoms with Crippen LogP contribution < -0.4 is 4.90 Å². The lowest BCUT2D eigenvalue weighted by atomic mass is 10.2. The summed E-state index contributed by atoms with van der Waals surface area (Å²) in [4.78, 5) is 2.04. The third-order valence-corrected chi connectivity index (χ3v) is 2.33. The summed E-state index contributed by atoms with van der Waals surface area (Å²) in [5, 5.41) is 9.22. The SMILES string of the molecule is C=C(C)CN(C)c1ccc(C#N)c(Cl)c1. The van der Waals surface area contributed by atoms with Gasteiger partial charge in [0.25, 0.3) is 0 Å². The zero-order valence-electron chi connectivity index (χ0n) is 8.92. The Hall–Kier alpha value is -1.46. The molecule has 0 bridgehead atoms. The van der Waals surface area contributed by atoms with Crippen LogP contribution in [0.25, 0.3) is 0 Å². The molecular formula is C12H13ClN2. The number of anilines is 1. The molecular weight excluding hydrogens is 208 g/mol. The Labute approximate surface area is 95.4 Å².